The molecule has 0 N–H and O–H groups in total. The van der Waals surface area contributed by atoms with Crippen LogP contribution in [0.5, 0.6) is 0 Å². The lowest BCUT2D eigenvalue weighted by atomic mass is 9.57. The van der Waals surface area contributed by atoms with E-state index in [4.69, 9.17) is 9.47 Å². The summed E-state index contributed by atoms with van der Waals surface area (Å²) in [5, 5.41) is 0. The van der Waals surface area contributed by atoms with E-state index in [1.165, 1.54) is 18.9 Å². The van der Waals surface area contributed by atoms with E-state index < -0.39 is 0 Å². The first-order chi connectivity index (χ1) is 11.4. The molecule has 0 aliphatic heterocycles. The maximum atomic E-state index is 11.7. The molecule has 0 amide bonds. The Hall–Kier alpha value is -1.32. The van der Waals surface area contributed by atoms with Gasteiger partial charge in [0.05, 0.1) is 6.61 Å². The van der Waals surface area contributed by atoms with Crippen molar-refractivity contribution < 1.29 is 19.1 Å². The normalized spacial score (nSPS) is 39.9. The lowest BCUT2D eigenvalue weighted by molar-refractivity contribution is -0.155. The Labute approximate surface area is 145 Å². The first-order valence-electron chi connectivity index (χ1n) is 9.45. The molecule has 0 aromatic heterocycles. The fraction of sp³-hybridized carbons (Fsp3) is 0.800. The Balaban J connectivity index is 1.67. The number of carbonyl (C=O) groups is 2. The minimum absolute atomic E-state index is 0.0948. The van der Waals surface area contributed by atoms with Crippen LogP contribution in [0.1, 0.15) is 65.7 Å². The number of fused-ring (bicyclic) bond motifs is 2. The summed E-state index contributed by atoms with van der Waals surface area (Å²) in [6.45, 7) is 6.13. The number of esters is 2. The molecule has 0 saturated heterocycles. The molecular weight excluding hydrogens is 304 g/mol. The molecule has 5 atom stereocenters. The molecule has 3 aliphatic rings. The third-order valence-corrected chi connectivity index (χ3v) is 6.68. The molecule has 3 fully saturated rings. The zero-order valence-electron chi connectivity index (χ0n) is 15.2. The molecule has 0 aromatic carbocycles. The quantitative estimate of drug-likeness (QED) is 0.577. The van der Waals surface area contributed by atoms with Crippen LogP contribution in [0, 0.1) is 23.2 Å². The predicted octanol–water partition coefficient (Wildman–Crippen LogP) is 4.03. The van der Waals surface area contributed by atoms with Crippen LogP contribution in [0.15, 0.2) is 11.6 Å². The second-order valence-electron chi connectivity index (χ2n) is 8.14. The predicted molar refractivity (Wildman–Crippen MR) is 91.2 cm³/mol. The number of ether oxygens (including phenoxy) is 2. The maximum Gasteiger partial charge on any atom is 0.330 e. The van der Waals surface area contributed by atoms with Crippen LogP contribution in [0.25, 0.3) is 0 Å². The molecule has 3 saturated carbocycles. The van der Waals surface area contributed by atoms with Gasteiger partial charge in [0, 0.05) is 18.4 Å². The van der Waals surface area contributed by atoms with Gasteiger partial charge in [-0.25, -0.2) is 4.79 Å². The first-order valence-corrected chi connectivity index (χ1v) is 9.45. The topological polar surface area (TPSA) is 52.6 Å². The summed E-state index contributed by atoms with van der Waals surface area (Å²) < 4.78 is 10.7. The molecule has 0 heterocycles. The zero-order valence-corrected chi connectivity index (χ0v) is 15.2. The molecule has 3 aliphatic carbocycles. The van der Waals surface area contributed by atoms with Gasteiger partial charge in [-0.1, -0.05) is 12.5 Å². The fourth-order valence-corrected chi connectivity index (χ4v) is 5.52. The molecule has 0 spiro atoms. The van der Waals surface area contributed by atoms with Gasteiger partial charge in [-0.3, -0.25) is 4.79 Å². The Morgan fingerprint density at radius 3 is 2.75 bits per heavy atom. The van der Waals surface area contributed by atoms with E-state index >= 15 is 0 Å². The first kappa shape index (κ1) is 17.5. The molecule has 0 bridgehead atoms. The van der Waals surface area contributed by atoms with Crippen molar-refractivity contribution >= 4 is 11.9 Å². The van der Waals surface area contributed by atoms with Gasteiger partial charge in [-0.2, -0.15) is 0 Å². The summed E-state index contributed by atoms with van der Waals surface area (Å²) in [6.07, 6.45) is 9.53. The van der Waals surface area contributed by atoms with Crippen LogP contribution in [0.4, 0.5) is 0 Å². The summed E-state index contributed by atoms with van der Waals surface area (Å²) in [6, 6.07) is 0. The largest absolute Gasteiger partial charge is 0.463 e. The van der Waals surface area contributed by atoms with Crippen molar-refractivity contribution in [2.45, 2.75) is 71.8 Å². The summed E-state index contributed by atoms with van der Waals surface area (Å²) in [5.41, 5.74) is 1.41. The van der Waals surface area contributed by atoms with Crippen LogP contribution < -0.4 is 0 Å². The monoisotopic (exact) mass is 334 g/mol. The second-order valence-corrected chi connectivity index (χ2v) is 8.14. The standard InChI is InChI=1S/C20H30O4/c1-4-23-19(22)10-14-5-6-15-12-20(3)17(11-16(15)9-14)7-8-18(20)24-13(2)21/h10,15-18H,4-9,11-12H2,1-3H3/b14-10-/t15-,16+,17+,18+,20+/m1/s1. The van der Waals surface area contributed by atoms with Gasteiger partial charge >= 0.3 is 11.9 Å². The lowest BCUT2D eigenvalue weighted by Gasteiger charge is -2.49. The molecular formula is C20H30O4. The highest BCUT2D eigenvalue weighted by atomic mass is 16.5. The van der Waals surface area contributed by atoms with Crippen molar-refractivity contribution in [2.75, 3.05) is 6.61 Å². The van der Waals surface area contributed by atoms with Crippen LogP contribution in [0.3, 0.4) is 0 Å². The third kappa shape index (κ3) is 3.38. The van der Waals surface area contributed by atoms with Crippen LogP contribution >= 0.6 is 0 Å². The van der Waals surface area contributed by atoms with Crippen molar-refractivity contribution in [3.05, 3.63) is 11.6 Å². The van der Waals surface area contributed by atoms with Gasteiger partial charge in [0.15, 0.2) is 0 Å². The smallest absolute Gasteiger partial charge is 0.330 e. The average Bonchev–Trinajstić information content (AvgIpc) is 2.81. The zero-order chi connectivity index (χ0) is 17.3. The number of hydrogen-bond acceptors (Lipinski definition) is 4. The van der Waals surface area contributed by atoms with Crippen LogP contribution in [-0.4, -0.2) is 24.6 Å². The van der Waals surface area contributed by atoms with Crippen molar-refractivity contribution in [2.24, 2.45) is 23.2 Å². The van der Waals surface area contributed by atoms with E-state index in [-0.39, 0.29) is 23.5 Å². The van der Waals surface area contributed by atoms with E-state index in [1.807, 2.05) is 6.92 Å². The van der Waals surface area contributed by atoms with Crippen LogP contribution in [-0.2, 0) is 19.1 Å². The SMILES string of the molecule is CCOC(=O)/C=C1/CC[C@@H]2C[C@@]3(C)[C@@H](CC[C@@H]3OC(C)=O)C[C@@H]2C1. The van der Waals surface area contributed by atoms with Gasteiger partial charge in [-0.05, 0) is 69.6 Å². The summed E-state index contributed by atoms with van der Waals surface area (Å²) in [7, 11) is 0. The Kier molecular flexibility index (Phi) is 5.03. The van der Waals surface area contributed by atoms with Crippen molar-refractivity contribution in [1.29, 1.82) is 0 Å². The minimum Gasteiger partial charge on any atom is -0.463 e. The van der Waals surface area contributed by atoms with Gasteiger partial charge in [0.1, 0.15) is 6.10 Å². The number of carbonyl (C=O) groups excluding carboxylic acids is 2. The summed E-state index contributed by atoms with van der Waals surface area (Å²) >= 11 is 0. The van der Waals surface area contributed by atoms with Gasteiger partial charge in [0.2, 0.25) is 0 Å². The Bertz CT molecular complexity index is 538. The summed E-state index contributed by atoms with van der Waals surface area (Å²) in [5.74, 6) is 1.68. The van der Waals surface area contributed by atoms with Gasteiger partial charge in [0.25, 0.3) is 0 Å². The Morgan fingerprint density at radius 2 is 2.04 bits per heavy atom. The van der Waals surface area contributed by atoms with E-state index in [0.29, 0.717) is 24.4 Å². The van der Waals surface area contributed by atoms with Crippen LogP contribution in [0.2, 0.25) is 0 Å². The number of allylic oxidation sites excluding steroid dienone is 1. The number of hydrogen-bond donors (Lipinski definition) is 0. The molecule has 134 valence electrons. The molecule has 0 aromatic rings. The molecule has 4 heteroatoms. The Morgan fingerprint density at radius 1 is 1.25 bits per heavy atom. The van der Waals surface area contributed by atoms with Gasteiger partial charge < -0.3 is 9.47 Å². The molecule has 3 rings (SSSR count). The molecule has 4 nitrogen and oxygen atoms in total. The lowest BCUT2D eigenvalue weighted by Crippen LogP contribution is -2.44. The maximum absolute atomic E-state index is 11.7. The van der Waals surface area contributed by atoms with E-state index in [0.717, 1.165) is 38.5 Å². The number of rotatable bonds is 3. The average molecular weight is 334 g/mol. The highest BCUT2D eigenvalue weighted by Crippen LogP contribution is 2.59. The van der Waals surface area contributed by atoms with Crippen molar-refractivity contribution in [1.82, 2.24) is 0 Å². The highest BCUT2D eigenvalue weighted by molar-refractivity contribution is 5.82. The van der Waals surface area contributed by atoms with Crippen molar-refractivity contribution in [3.63, 3.8) is 0 Å². The van der Waals surface area contributed by atoms with E-state index in [1.54, 1.807) is 6.08 Å². The van der Waals surface area contributed by atoms with E-state index in [2.05, 4.69) is 6.92 Å². The fourth-order valence-electron chi connectivity index (χ4n) is 5.52. The third-order valence-electron chi connectivity index (χ3n) is 6.68. The van der Waals surface area contributed by atoms with Crippen molar-refractivity contribution in [3.8, 4) is 0 Å². The highest BCUT2D eigenvalue weighted by Gasteiger charge is 2.54. The second kappa shape index (κ2) is 6.89. The minimum atomic E-state index is -0.192. The molecule has 24 heavy (non-hydrogen) atoms. The van der Waals surface area contributed by atoms with Gasteiger partial charge in [-0.15, -0.1) is 0 Å². The van der Waals surface area contributed by atoms with E-state index in [9.17, 15) is 9.59 Å². The summed E-state index contributed by atoms with van der Waals surface area (Å²) in [4.78, 5) is 23.1. The molecule has 0 unspecified atom stereocenters. The molecule has 0 radical (unpaired) electrons.